The van der Waals surface area contributed by atoms with Crippen molar-refractivity contribution in [3.63, 3.8) is 0 Å². The Kier molecular flexibility index (Phi) is 5.75. The first kappa shape index (κ1) is 15.5. The minimum atomic E-state index is 0.300. The average molecular weight is 289 g/mol. The second kappa shape index (κ2) is 7.78. The van der Waals surface area contributed by atoms with Crippen LogP contribution in [0.5, 0.6) is 5.75 Å². The van der Waals surface area contributed by atoms with Crippen molar-refractivity contribution < 1.29 is 9.15 Å². The van der Waals surface area contributed by atoms with Crippen molar-refractivity contribution in [2.24, 2.45) is 0 Å². The minimum Gasteiger partial charge on any atom is -0.484 e. The van der Waals surface area contributed by atoms with Gasteiger partial charge in [-0.2, -0.15) is 0 Å². The fourth-order valence-electron chi connectivity index (χ4n) is 2.08. The predicted octanol–water partition coefficient (Wildman–Crippen LogP) is 2.89. The Bertz CT molecular complexity index is 537. The molecule has 1 heterocycles. The molecule has 0 amide bonds. The molecule has 0 spiro atoms. The average Bonchev–Trinajstić information content (AvgIpc) is 2.90. The Morgan fingerprint density at radius 3 is 2.62 bits per heavy atom. The van der Waals surface area contributed by atoms with Crippen molar-refractivity contribution in [3.8, 4) is 5.75 Å². The Hall–Kier alpha value is -1.88. The van der Waals surface area contributed by atoms with Gasteiger partial charge in [-0.3, -0.25) is 0 Å². The van der Waals surface area contributed by atoms with Gasteiger partial charge in [-0.15, -0.1) is 10.2 Å². The normalized spacial score (nSPS) is 12.3. The lowest BCUT2D eigenvalue weighted by Gasteiger charge is -2.13. The Labute approximate surface area is 125 Å². The van der Waals surface area contributed by atoms with E-state index in [1.807, 2.05) is 12.1 Å². The van der Waals surface area contributed by atoms with E-state index in [2.05, 4.69) is 41.5 Å². The van der Waals surface area contributed by atoms with E-state index < -0.39 is 0 Å². The fraction of sp³-hybridized carbons (Fsp3) is 0.500. The first-order valence-corrected chi connectivity index (χ1v) is 7.41. The summed E-state index contributed by atoms with van der Waals surface area (Å²) in [6, 6.07) is 8.63. The van der Waals surface area contributed by atoms with Crippen LogP contribution >= 0.6 is 0 Å². The highest BCUT2D eigenvalue weighted by Gasteiger charge is 2.05. The highest BCUT2D eigenvalue weighted by molar-refractivity contribution is 5.27. The Morgan fingerprint density at radius 1 is 1.24 bits per heavy atom. The van der Waals surface area contributed by atoms with Crippen molar-refractivity contribution in [2.75, 3.05) is 6.54 Å². The van der Waals surface area contributed by atoms with Gasteiger partial charge in [-0.05, 0) is 44.0 Å². The summed E-state index contributed by atoms with van der Waals surface area (Å²) in [5, 5.41) is 11.1. The second-order valence-corrected chi connectivity index (χ2v) is 5.21. The van der Waals surface area contributed by atoms with Crippen LogP contribution in [-0.2, 0) is 13.0 Å². The number of nitrogens with zero attached hydrogens (tertiary/aromatic N) is 2. The molecule has 1 unspecified atom stereocenters. The fourth-order valence-corrected chi connectivity index (χ4v) is 2.08. The summed E-state index contributed by atoms with van der Waals surface area (Å²) >= 11 is 0. The first-order valence-electron chi connectivity index (χ1n) is 7.41. The van der Waals surface area contributed by atoms with E-state index in [0.29, 0.717) is 24.4 Å². The number of hydrogen-bond donors (Lipinski definition) is 1. The smallest absolute Gasteiger partial charge is 0.253 e. The molecule has 0 aliphatic heterocycles. The molecule has 2 aromatic rings. The van der Waals surface area contributed by atoms with Gasteiger partial charge in [-0.1, -0.05) is 19.1 Å². The number of hydrogen-bond acceptors (Lipinski definition) is 5. The molecule has 0 aliphatic rings. The predicted molar refractivity (Wildman–Crippen MR) is 81.3 cm³/mol. The summed E-state index contributed by atoms with van der Waals surface area (Å²) in [5.74, 6) is 1.86. The lowest BCUT2D eigenvalue weighted by atomic mass is 10.1. The largest absolute Gasteiger partial charge is 0.484 e. The van der Waals surface area contributed by atoms with E-state index in [4.69, 9.17) is 9.15 Å². The number of ether oxygens (including phenoxy) is 1. The monoisotopic (exact) mass is 289 g/mol. The van der Waals surface area contributed by atoms with Gasteiger partial charge in [0.2, 0.25) is 5.89 Å². The maximum Gasteiger partial charge on any atom is 0.253 e. The molecule has 1 atom stereocenters. The van der Waals surface area contributed by atoms with E-state index in [1.165, 1.54) is 5.56 Å². The molecular weight excluding hydrogens is 266 g/mol. The molecule has 2 rings (SSSR count). The van der Waals surface area contributed by atoms with Crippen molar-refractivity contribution in [2.45, 2.75) is 46.3 Å². The number of rotatable bonds is 8. The van der Waals surface area contributed by atoms with Crippen LogP contribution in [0.25, 0.3) is 0 Å². The van der Waals surface area contributed by atoms with Gasteiger partial charge in [0.15, 0.2) is 6.61 Å². The van der Waals surface area contributed by atoms with Crippen LogP contribution in [0, 0.1) is 6.92 Å². The van der Waals surface area contributed by atoms with Crippen LogP contribution in [0.4, 0.5) is 0 Å². The summed E-state index contributed by atoms with van der Waals surface area (Å²) in [7, 11) is 0. The third-order valence-corrected chi connectivity index (χ3v) is 3.14. The molecule has 1 aromatic heterocycles. The zero-order chi connectivity index (χ0) is 15.1. The molecule has 21 heavy (non-hydrogen) atoms. The van der Waals surface area contributed by atoms with Crippen LogP contribution in [0.15, 0.2) is 28.7 Å². The summed E-state index contributed by atoms with van der Waals surface area (Å²) in [6.07, 6.45) is 2.18. The van der Waals surface area contributed by atoms with Crippen molar-refractivity contribution in [1.82, 2.24) is 15.5 Å². The second-order valence-electron chi connectivity index (χ2n) is 5.21. The quantitative estimate of drug-likeness (QED) is 0.809. The molecule has 0 radical (unpaired) electrons. The molecule has 0 saturated heterocycles. The van der Waals surface area contributed by atoms with Crippen molar-refractivity contribution in [1.29, 1.82) is 0 Å². The summed E-state index contributed by atoms with van der Waals surface area (Å²) in [6.45, 7) is 7.51. The minimum absolute atomic E-state index is 0.300. The molecule has 0 bridgehead atoms. The summed E-state index contributed by atoms with van der Waals surface area (Å²) < 4.78 is 10.9. The molecule has 0 aliphatic carbocycles. The van der Waals surface area contributed by atoms with Crippen LogP contribution in [0.2, 0.25) is 0 Å². The number of nitrogens with one attached hydrogen (secondary N) is 1. The highest BCUT2D eigenvalue weighted by Crippen LogP contribution is 2.15. The molecule has 0 fully saturated rings. The maximum atomic E-state index is 5.62. The molecule has 114 valence electrons. The number of aryl methyl sites for hydroxylation is 1. The lowest BCUT2D eigenvalue weighted by molar-refractivity contribution is 0.260. The molecular formula is C16H23N3O2. The standard InChI is InChI=1S/C16H23N3O2/c1-4-9-17-12(2)10-14-5-7-15(8-6-14)20-11-16-19-18-13(3)21-16/h5-8,12,17H,4,9-11H2,1-3H3. The van der Waals surface area contributed by atoms with Crippen LogP contribution in [0.1, 0.15) is 37.6 Å². The van der Waals surface area contributed by atoms with E-state index in [1.54, 1.807) is 6.92 Å². The molecule has 5 heteroatoms. The van der Waals surface area contributed by atoms with Gasteiger partial charge in [0.25, 0.3) is 5.89 Å². The summed E-state index contributed by atoms with van der Waals surface area (Å²) in [5.41, 5.74) is 1.30. The van der Waals surface area contributed by atoms with E-state index in [9.17, 15) is 0 Å². The van der Waals surface area contributed by atoms with Gasteiger partial charge >= 0.3 is 0 Å². The van der Waals surface area contributed by atoms with Crippen LogP contribution in [0.3, 0.4) is 0 Å². The zero-order valence-electron chi connectivity index (χ0n) is 12.9. The van der Waals surface area contributed by atoms with Crippen LogP contribution in [-0.4, -0.2) is 22.8 Å². The van der Waals surface area contributed by atoms with Crippen molar-refractivity contribution in [3.05, 3.63) is 41.6 Å². The molecule has 1 aromatic carbocycles. The zero-order valence-corrected chi connectivity index (χ0v) is 12.9. The molecule has 0 saturated carbocycles. The van der Waals surface area contributed by atoms with Gasteiger partial charge in [0.1, 0.15) is 5.75 Å². The van der Waals surface area contributed by atoms with E-state index >= 15 is 0 Å². The maximum absolute atomic E-state index is 5.62. The number of benzene rings is 1. The topological polar surface area (TPSA) is 60.2 Å². The lowest BCUT2D eigenvalue weighted by Crippen LogP contribution is -2.28. The third-order valence-electron chi connectivity index (χ3n) is 3.14. The Morgan fingerprint density at radius 2 is 2.00 bits per heavy atom. The van der Waals surface area contributed by atoms with Gasteiger partial charge in [0.05, 0.1) is 0 Å². The van der Waals surface area contributed by atoms with Gasteiger partial charge in [-0.25, -0.2) is 0 Å². The highest BCUT2D eigenvalue weighted by atomic mass is 16.5. The van der Waals surface area contributed by atoms with Gasteiger partial charge < -0.3 is 14.5 Å². The number of aromatic nitrogens is 2. The Balaban J connectivity index is 1.81. The van der Waals surface area contributed by atoms with Crippen molar-refractivity contribution >= 4 is 0 Å². The summed E-state index contributed by atoms with van der Waals surface area (Å²) in [4.78, 5) is 0. The van der Waals surface area contributed by atoms with E-state index in [0.717, 1.165) is 25.1 Å². The van der Waals surface area contributed by atoms with Gasteiger partial charge in [0, 0.05) is 13.0 Å². The molecule has 1 N–H and O–H groups in total. The molecule has 5 nitrogen and oxygen atoms in total. The third kappa shape index (κ3) is 5.19. The first-order chi connectivity index (χ1) is 10.2. The SMILES string of the molecule is CCCNC(C)Cc1ccc(OCc2nnc(C)o2)cc1. The van der Waals surface area contributed by atoms with E-state index in [-0.39, 0.29) is 0 Å². The van der Waals surface area contributed by atoms with Crippen LogP contribution < -0.4 is 10.1 Å².